The number of benzene rings is 1. The van der Waals surface area contributed by atoms with Crippen LogP contribution in [-0.2, 0) is 13.1 Å². The van der Waals surface area contributed by atoms with Gasteiger partial charge in [0, 0.05) is 24.7 Å². The van der Waals surface area contributed by atoms with Gasteiger partial charge < -0.3 is 9.67 Å². The third-order valence-corrected chi connectivity index (χ3v) is 3.91. The van der Waals surface area contributed by atoms with Crippen molar-refractivity contribution in [3.05, 3.63) is 47.0 Å². The van der Waals surface area contributed by atoms with Gasteiger partial charge in [0.2, 0.25) is 0 Å². The van der Waals surface area contributed by atoms with E-state index in [1.54, 1.807) is 6.33 Å². The van der Waals surface area contributed by atoms with Crippen molar-refractivity contribution in [1.29, 1.82) is 0 Å². The normalized spacial score (nSPS) is 16.9. The minimum absolute atomic E-state index is 0.478. The molecule has 0 saturated carbocycles. The van der Waals surface area contributed by atoms with Gasteiger partial charge in [-0.15, -0.1) is 10.2 Å². The van der Waals surface area contributed by atoms with E-state index in [4.69, 9.17) is 11.6 Å². The lowest BCUT2D eigenvalue weighted by Crippen LogP contribution is -2.34. The molecule has 0 aliphatic carbocycles. The fourth-order valence-corrected chi connectivity index (χ4v) is 2.69. The predicted octanol–water partition coefficient (Wildman–Crippen LogP) is 1.87. The van der Waals surface area contributed by atoms with Crippen molar-refractivity contribution >= 4 is 11.6 Å². The highest BCUT2D eigenvalue weighted by atomic mass is 35.5. The minimum atomic E-state index is -0.478. The molecule has 2 aromatic rings. The largest absolute Gasteiger partial charge is 0.388 e. The van der Waals surface area contributed by atoms with Crippen LogP contribution in [0.1, 0.15) is 23.9 Å². The third-order valence-electron chi connectivity index (χ3n) is 3.67. The average Bonchev–Trinajstić information content (AvgIpc) is 2.92. The first-order valence-corrected chi connectivity index (χ1v) is 7.13. The Labute approximate surface area is 122 Å². The Bertz CT molecular complexity index is 586. The summed E-state index contributed by atoms with van der Waals surface area (Å²) in [7, 11) is 0. The van der Waals surface area contributed by atoms with E-state index in [-0.39, 0.29) is 0 Å². The second-order valence-electron chi connectivity index (χ2n) is 5.08. The van der Waals surface area contributed by atoms with E-state index in [0.29, 0.717) is 11.4 Å². The van der Waals surface area contributed by atoms with Gasteiger partial charge in [0.15, 0.2) is 0 Å². The fraction of sp³-hybridized carbons (Fsp3) is 0.429. The Kier molecular flexibility index (Phi) is 4.00. The number of hydrogen-bond donors (Lipinski definition) is 1. The molecule has 1 aromatic heterocycles. The van der Waals surface area contributed by atoms with Crippen LogP contribution in [0.4, 0.5) is 0 Å². The topological polar surface area (TPSA) is 54.2 Å². The zero-order valence-corrected chi connectivity index (χ0v) is 11.9. The lowest BCUT2D eigenvalue weighted by molar-refractivity contribution is 0.130. The van der Waals surface area contributed by atoms with Crippen LogP contribution in [0.15, 0.2) is 30.6 Å². The maximum Gasteiger partial charge on any atom is 0.147 e. The third kappa shape index (κ3) is 3.00. The zero-order valence-electron chi connectivity index (χ0n) is 11.1. The van der Waals surface area contributed by atoms with Crippen LogP contribution < -0.4 is 0 Å². The first kappa shape index (κ1) is 13.5. The zero-order chi connectivity index (χ0) is 13.9. The Morgan fingerprint density at radius 3 is 3.10 bits per heavy atom. The number of fused-ring (bicyclic) bond motifs is 1. The van der Waals surface area contributed by atoms with Gasteiger partial charge in [-0.2, -0.15) is 0 Å². The van der Waals surface area contributed by atoms with Crippen molar-refractivity contribution in [3.63, 3.8) is 0 Å². The Morgan fingerprint density at radius 2 is 2.25 bits per heavy atom. The number of nitrogens with zero attached hydrogens (tertiary/aromatic N) is 4. The van der Waals surface area contributed by atoms with Crippen LogP contribution in [0.3, 0.4) is 0 Å². The summed E-state index contributed by atoms with van der Waals surface area (Å²) in [6.45, 7) is 3.51. The van der Waals surface area contributed by atoms with Crippen LogP contribution in [0.25, 0.3) is 0 Å². The first-order chi connectivity index (χ1) is 9.72. The lowest BCUT2D eigenvalue weighted by Gasteiger charge is -2.27. The molecule has 1 unspecified atom stereocenters. The Hall–Kier alpha value is -1.43. The quantitative estimate of drug-likeness (QED) is 0.935. The number of halogens is 1. The van der Waals surface area contributed by atoms with Gasteiger partial charge in [0.05, 0.1) is 12.6 Å². The standard InChI is InChI=1S/C14H17ClN4O/c15-12-3-1-2-11(8-12)13(20)4-5-18-6-7-19-10-16-17-14(19)9-18/h1-3,8,10,13,20H,4-7,9H2. The van der Waals surface area contributed by atoms with Crippen molar-refractivity contribution in [1.82, 2.24) is 19.7 Å². The lowest BCUT2D eigenvalue weighted by atomic mass is 10.1. The molecule has 2 heterocycles. The predicted molar refractivity (Wildman–Crippen MR) is 76.3 cm³/mol. The van der Waals surface area contributed by atoms with E-state index < -0.39 is 6.10 Å². The molecule has 0 bridgehead atoms. The highest BCUT2D eigenvalue weighted by Gasteiger charge is 2.18. The Balaban J connectivity index is 1.55. The molecule has 5 nitrogen and oxygen atoms in total. The maximum absolute atomic E-state index is 10.2. The van der Waals surface area contributed by atoms with Crippen molar-refractivity contribution in [2.24, 2.45) is 0 Å². The molecule has 20 heavy (non-hydrogen) atoms. The summed E-state index contributed by atoms with van der Waals surface area (Å²) in [5.74, 6) is 0.994. The van der Waals surface area contributed by atoms with Gasteiger partial charge in [0.25, 0.3) is 0 Å². The molecular weight excluding hydrogens is 276 g/mol. The van der Waals surface area contributed by atoms with E-state index in [2.05, 4.69) is 19.7 Å². The van der Waals surface area contributed by atoms with Gasteiger partial charge in [-0.1, -0.05) is 23.7 Å². The summed E-state index contributed by atoms with van der Waals surface area (Å²) in [5, 5.41) is 18.9. The maximum atomic E-state index is 10.2. The van der Waals surface area contributed by atoms with Gasteiger partial charge in [0.1, 0.15) is 12.2 Å². The van der Waals surface area contributed by atoms with Crippen LogP contribution >= 0.6 is 11.6 Å². The van der Waals surface area contributed by atoms with Crippen LogP contribution in [0, 0.1) is 0 Å². The molecule has 0 fully saturated rings. The van der Waals surface area contributed by atoms with Crippen molar-refractivity contribution in [3.8, 4) is 0 Å². The Morgan fingerprint density at radius 1 is 1.35 bits per heavy atom. The molecule has 0 amide bonds. The monoisotopic (exact) mass is 292 g/mol. The molecule has 0 saturated heterocycles. The summed E-state index contributed by atoms with van der Waals surface area (Å²) < 4.78 is 2.07. The molecule has 3 rings (SSSR count). The van der Waals surface area contributed by atoms with Gasteiger partial charge in [-0.25, -0.2) is 0 Å². The fourth-order valence-electron chi connectivity index (χ4n) is 2.49. The molecule has 1 aromatic carbocycles. The molecular formula is C14H17ClN4O. The number of rotatable bonds is 4. The van der Waals surface area contributed by atoms with Crippen LogP contribution in [0.5, 0.6) is 0 Å². The second kappa shape index (κ2) is 5.91. The summed E-state index contributed by atoms with van der Waals surface area (Å²) >= 11 is 5.94. The van der Waals surface area contributed by atoms with E-state index in [0.717, 1.165) is 37.6 Å². The highest BCUT2D eigenvalue weighted by molar-refractivity contribution is 6.30. The van der Waals surface area contributed by atoms with Crippen molar-refractivity contribution < 1.29 is 5.11 Å². The molecule has 0 spiro atoms. The molecule has 106 valence electrons. The first-order valence-electron chi connectivity index (χ1n) is 6.75. The molecule has 1 aliphatic rings. The minimum Gasteiger partial charge on any atom is -0.388 e. The molecule has 1 N–H and O–H groups in total. The summed E-state index contributed by atoms with van der Waals surface area (Å²) in [4.78, 5) is 2.29. The number of aromatic nitrogens is 3. The van der Waals surface area contributed by atoms with E-state index in [1.807, 2.05) is 24.3 Å². The van der Waals surface area contributed by atoms with E-state index in [9.17, 15) is 5.11 Å². The molecule has 6 heteroatoms. The SMILES string of the molecule is OC(CCN1CCn2cnnc2C1)c1cccc(Cl)c1. The highest BCUT2D eigenvalue weighted by Crippen LogP contribution is 2.21. The van der Waals surface area contributed by atoms with E-state index in [1.165, 1.54) is 0 Å². The van der Waals surface area contributed by atoms with Gasteiger partial charge >= 0.3 is 0 Å². The van der Waals surface area contributed by atoms with Crippen molar-refractivity contribution in [2.75, 3.05) is 13.1 Å². The molecule has 0 radical (unpaired) electrons. The second-order valence-corrected chi connectivity index (χ2v) is 5.51. The van der Waals surface area contributed by atoms with Crippen LogP contribution in [-0.4, -0.2) is 37.9 Å². The number of aliphatic hydroxyl groups is 1. The smallest absolute Gasteiger partial charge is 0.147 e. The van der Waals surface area contributed by atoms with Gasteiger partial charge in [-0.05, 0) is 24.1 Å². The summed E-state index contributed by atoms with van der Waals surface area (Å²) in [6, 6.07) is 7.40. The number of aliphatic hydroxyl groups excluding tert-OH is 1. The number of hydrogen-bond acceptors (Lipinski definition) is 4. The average molecular weight is 293 g/mol. The molecule has 1 atom stereocenters. The van der Waals surface area contributed by atoms with Crippen LogP contribution in [0.2, 0.25) is 5.02 Å². The van der Waals surface area contributed by atoms with Crippen molar-refractivity contribution in [2.45, 2.75) is 25.6 Å². The summed E-state index contributed by atoms with van der Waals surface area (Å²) in [6.07, 6.45) is 1.98. The molecule has 1 aliphatic heterocycles. The summed E-state index contributed by atoms with van der Waals surface area (Å²) in [5.41, 5.74) is 0.873. The van der Waals surface area contributed by atoms with E-state index >= 15 is 0 Å². The van der Waals surface area contributed by atoms with Gasteiger partial charge in [-0.3, -0.25) is 4.90 Å².